The zero-order valence-electron chi connectivity index (χ0n) is 10.2. The summed E-state index contributed by atoms with van der Waals surface area (Å²) in [6, 6.07) is 3.73. The molecule has 0 spiro atoms. The molecule has 1 N–H and O–H groups in total. The third-order valence-corrected chi connectivity index (χ3v) is 2.97. The normalized spacial score (nSPS) is 14.5. The smallest absolute Gasteiger partial charge is 0.165 e. The summed E-state index contributed by atoms with van der Waals surface area (Å²) < 4.78 is 28.7. The second-order valence-corrected chi connectivity index (χ2v) is 4.21. The summed E-state index contributed by atoms with van der Waals surface area (Å²) >= 11 is 0. The van der Waals surface area contributed by atoms with Crippen molar-refractivity contribution in [1.29, 1.82) is 0 Å². The number of halogens is 2. The number of hydrogen-bond acceptors (Lipinski definition) is 2. The van der Waals surface area contributed by atoms with Gasteiger partial charge in [0, 0.05) is 24.5 Å². The van der Waals surface area contributed by atoms with Crippen molar-refractivity contribution in [2.24, 2.45) is 0 Å². The first-order chi connectivity index (χ1) is 8.48. The second-order valence-electron chi connectivity index (χ2n) is 4.21. The molecular formula is C13H14F2N2O. The van der Waals surface area contributed by atoms with Crippen molar-refractivity contribution in [1.82, 2.24) is 9.55 Å². The van der Waals surface area contributed by atoms with Crippen LogP contribution in [0, 0.1) is 11.6 Å². The van der Waals surface area contributed by atoms with Crippen LogP contribution in [-0.2, 0) is 12.1 Å². The van der Waals surface area contributed by atoms with E-state index in [-0.39, 0.29) is 11.4 Å². The quantitative estimate of drug-likeness (QED) is 0.911. The summed E-state index contributed by atoms with van der Waals surface area (Å²) in [5, 5.41) is 10.5. The van der Waals surface area contributed by atoms with E-state index in [1.165, 1.54) is 25.3 Å². The molecule has 96 valence electrons. The van der Waals surface area contributed by atoms with Crippen molar-refractivity contribution in [3.05, 3.63) is 53.6 Å². The molecule has 3 nitrogen and oxygen atoms in total. The van der Waals surface area contributed by atoms with Crippen LogP contribution < -0.4 is 0 Å². The van der Waals surface area contributed by atoms with E-state index in [9.17, 15) is 13.9 Å². The zero-order valence-corrected chi connectivity index (χ0v) is 10.2. The van der Waals surface area contributed by atoms with Crippen LogP contribution in [0.4, 0.5) is 8.78 Å². The number of benzene rings is 1. The second kappa shape index (κ2) is 4.49. The molecule has 0 bridgehead atoms. The molecule has 0 saturated heterocycles. The van der Waals surface area contributed by atoms with Crippen molar-refractivity contribution in [2.75, 3.05) is 0 Å². The molecule has 0 amide bonds. The Morgan fingerprint density at radius 3 is 2.78 bits per heavy atom. The van der Waals surface area contributed by atoms with Gasteiger partial charge in [0.15, 0.2) is 11.6 Å². The molecule has 1 aromatic carbocycles. The van der Waals surface area contributed by atoms with Gasteiger partial charge in [0.2, 0.25) is 0 Å². The van der Waals surface area contributed by atoms with Crippen molar-refractivity contribution in [3.8, 4) is 0 Å². The molecule has 0 aliphatic heterocycles. The van der Waals surface area contributed by atoms with E-state index in [0.29, 0.717) is 6.54 Å². The minimum atomic E-state index is -1.67. The highest BCUT2D eigenvalue weighted by Crippen LogP contribution is 2.30. The van der Waals surface area contributed by atoms with Crippen LogP contribution in [0.2, 0.25) is 0 Å². The van der Waals surface area contributed by atoms with E-state index in [0.717, 1.165) is 6.07 Å². The molecular weight excluding hydrogens is 238 g/mol. The zero-order chi connectivity index (χ0) is 13.3. The molecule has 0 aliphatic carbocycles. The maximum absolute atomic E-state index is 13.8. The Hall–Kier alpha value is -1.75. The van der Waals surface area contributed by atoms with E-state index < -0.39 is 17.2 Å². The lowest BCUT2D eigenvalue weighted by Gasteiger charge is -2.24. The standard InChI is InChI=1S/C13H14F2N2O/c1-3-17-8-7-16-12(17)13(2,18)9-5-4-6-10(14)11(9)15/h4-8,18H,3H2,1-2H3. The van der Waals surface area contributed by atoms with Crippen molar-refractivity contribution in [2.45, 2.75) is 26.0 Å². The Morgan fingerprint density at radius 1 is 1.39 bits per heavy atom. The Labute approximate surface area is 104 Å². The van der Waals surface area contributed by atoms with Crippen molar-refractivity contribution < 1.29 is 13.9 Å². The fourth-order valence-corrected chi connectivity index (χ4v) is 1.99. The Bertz CT molecular complexity index is 564. The molecule has 18 heavy (non-hydrogen) atoms. The molecule has 2 aromatic rings. The Kier molecular flexibility index (Phi) is 3.17. The van der Waals surface area contributed by atoms with Crippen LogP contribution in [0.3, 0.4) is 0 Å². The molecule has 5 heteroatoms. The maximum atomic E-state index is 13.8. The summed E-state index contributed by atoms with van der Waals surface area (Å²) in [6.45, 7) is 3.87. The van der Waals surface area contributed by atoms with Gasteiger partial charge in [-0.05, 0) is 19.9 Å². The summed E-state index contributed by atoms with van der Waals surface area (Å²) in [4.78, 5) is 4.03. The fourth-order valence-electron chi connectivity index (χ4n) is 1.99. The lowest BCUT2D eigenvalue weighted by Crippen LogP contribution is -2.29. The van der Waals surface area contributed by atoms with Crippen LogP contribution in [0.5, 0.6) is 0 Å². The number of rotatable bonds is 3. The monoisotopic (exact) mass is 252 g/mol. The number of aromatic nitrogens is 2. The van der Waals surface area contributed by atoms with E-state index >= 15 is 0 Å². The summed E-state index contributed by atoms with van der Waals surface area (Å²) in [6.07, 6.45) is 3.20. The van der Waals surface area contributed by atoms with Crippen LogP contribution in [0.1, 0.15) is 25.2 Å². The third kappa shape index (κ3) is 1.90. The van der Waals surface area contributed by atoms with Crippen molar-refractivity contribution in [3.63, 3.8) is 0 Å². The lowest BCUT2D eigenvalue weighted by atomic mass is 9.94. The van der Waals surface area contributed by atoms with Gasteiger partial charge in [-0.15, -0.1) is 0 Å². The largest absolute Gasteiger partial charge is 0.377 e. The van der Waals surface area contributed by atoms with Gasteiger partial charge in [-0.3, -0.25) is 0 Å². The number of nitrogens with zero attached hydrogens (tertiary/aromatic N) is 2. The third-order valence-electron chi connectivity index (χ3n) is 2.97. The van der Waals surface area contributed by atoms with Gasteiger partial charge in [0.25, 0.3) is 0 Å². The SMILES string of the molecule is CCn1ccnc1C(C)(O)c1cccc(F)c1F. The fraction of sp³-hybridized carbons (Fsp3) is 0.308. The Balaban J connectivity index is 2.58. The highest BCUT2D eigenvalue weighted by molar-refractivity contribution is 5.30. The molecule has 0 aliphatic rings. The van der Waals surface area contributed by atoms with E-state index in [1.807, 2.05) is 6.92 Å². The van der Waals surface area contributed by atoms with Gasteiger partial charge in [0.1, 0.15) is 11.4 Å². The van der Waals surface area contributed by atoms with Gasteiger partial charge in [-0.2, -0.15) is 0 Å². The molecule has 1 aromatic heterocycles. The van der Waals surface area contributed by atoms with Gasteiger partial charge in [0.05, 0.1) is 0 Å². The summed E-state index contributed by atoms with van der Waals surface area (Å²) in [5.74, 6) is -1.75. The molecule has 1 atom stereocenters. The predicted molar refractivity (Wildman–Crippen MR) is 62.9 cm³/mol. The van der Waals surface area contributed by atoms with Crippen LogP contribution >= 0.6 is 0 Å². The minimum Gasteiger partial charge on any atom is -0.377 e. The molecule has 1 unspecified atom stereocenters. The van der Waals surface area contributed by atoms with Crippen molar-refractivity contribution >= 4 is 0 Å². The highest BCUT2D eigenvalue weighted by Gasteiger charge is 2.33. The lowest BCUT2D eigenvalue weighted by molar-refractivity contribution is 0.0833. The van der Waals surface area contributed by atoms with Crippen LogP contribution in [0.25, 0.3) is 0 Å². The van der Waals surface area contributed by atoms with E-state index in [1.54, 1.807) is 10.8 Å². The van der Waals surface area contributed by atoms with Gasteiger partial charge < -0.3 is 9.67 Å². The molecule has 2 rings (SSSR count). The minimum absolute atomic E-state index is 0.122. The van der Waals surface area contributed by atoms with Gasteiger partial charge in [-0.1, -0.05) is 12.1 Å². The average molecular weight is 252 g/mol. The Morgan fingerprint density at radius 2 is 2.11 bits per heavy atom. The number of aryl methyl sites for hydroxylation is 1. The van der Waals surface area contributed by atoms with Gasteiger partial charge >= 0.3 is 0 Å². The highest BCUT2D eigenvalue weighted by atomic mass is 19.2. The predicted octanol–water partition coefficient (Wildman–Crippen LogP) is 2.44. The molecule has 0 fully saturated rings. The number of aliphatic hydroxyl groups is 1. The average Bonchev–Trinajstić information content (AvgIpc) is 2.81. The van der Waals surface area contributed by atoms with E-state index in [2.05, 4.69) is 4.98 Å². The molecule has 0 saturated carbocycles. The maximum Gasteiger partial charge on any atom is 0.165 e. The molecule has 0 radical (unpaired) electrons. The number of imidazole rings is 1. The first-order valence-electron chi connectivity index (χ1n) is 5.67. The molecule has 1 heterocycles. The summed E-state index contributed by atoms with van der Waals surface area (Å²) in [5.41, 5.74) is -1.80. The summed E-state index contributed by atoms with van der Waals surface area (Å²) in [7, 11) is 0. The topological polar surface area (TPSA) is 38.0 Å². The van der Waals surface area contributed by atoms with Crippen LogP contribution in [-0.4, -0.2) is 14.7 Å². The van der Waals surface area contributed by atoms with Gasteiger partial charge in [-0.25, -0.2) is 13.8 Å². The first-order valence-corrected chi connectivity index (χ1v) is 5.67. The van der Waals surface area contributed by atoms with E-state index in [4.69, 9.17) is 0 Å². The van der Waals surface area contributed by atoms with Crippen LogP contribution in [0.15, 0.2) is 30.6 Å². The number of hydrogen-bond donors (Lipinski definition) is 1. The first kappa shape index (κ1) is 12.7.